The van der Waals surface area contributed by atoms with Crippen molar-refractivity contribution < 1.29 is 9.59 Å². The van der Waals surface area contributed by atoms with Gasteiger partial charge in [0.05, 0.1) is 6.04 Å². The van der Waals surface area contributed by atoms with Crippen molar-refractivity contribution in [3.63, 3.8) is 0 Å². The lowest BCUT2D eigenvalue weighted by molar-refractivity contribution is -0.132. The smallest absolute Gasteiger partial charge is 0.317 e. The summed E-state index contributed by atoms with van der Waals surface area (Å²) in [5, 5.41) is 5.64. The number of carbonyl (C=O) groups excluding carboxylic acids is 2. The zero-order chi connectivity index (χ0) is 13.2. The maximum absolute atomic E-state index is 12.3. The van der Waals surface area contributed by atoms with Gasteiger partial charge in [0.15, 0.2) is 0 Å². The zero-order valence-corrected chi connectivity index (χ0v) is 11.4. The summed E-state index contributed by atoms with van der Waals surface area (Å²) in [6.07, 6.45) is 3.74. The highest BCUT2D eigenvalue weighted by molar-refractivity contribution is 7.09. The normalized spacial score (nSPS) is 22.9. The first-order chi connectivity index (χ1) is 9.25. The molecule has 2 saturated heterocycles. The fourth-order valence-corrected chi connectivity index (χ4v) is 3.42. The summed E-state index contributed by atoms with van der Waals surface area (Å²) in [4.78, 5) is 31.5. The summed E-state index contributed by atoms with van der Waals surface area (Å²) < 4.78 is 0. The van der Waals surface area contributed by atoms with E-state index in [0.29, 0.717) is 13.1 Å². The third kappa shape index (κ3) is 2.42. The Kier molecular flexibility index (Phi) is 3.37. The molecular formula is C12H16N4O2S. The molecule has 102 valence electrons. The van der Waals surface area contributed by atoms with Crippen LogP contribution in [0.1, 0.15) is 23.9 Å². The molecule has 1 atom stereocenters. The maximum atomic E-state index is 12.3. The SMILES string of the molecule is O=C1NCCN1CC(=O)N1CCC[C@H]1c1nccs1. The summed E-state index contributed by atoms with van der Waals surface area (Å²) in [6.45, 7) is 2.18. The largest absolute Gasteiger partial charge is 0.336 e. The summed E-state index contributed by atoms with van der Waals surface area (Å²) in [7, 11) is 0. The van der Waals surface area contributed by atoms with Gasteiger partial charge in [0.25, 0.3) is 0 Å². The van der Waals surface area contributed by atoms with E-state index in [2.05, 4.69) is 10.3 Å². The fourth-order valence-electron chi connectivity index (χ4n) is 2.64. The highest BCUT2D eigenvalue weighted by atomic mass is 32.1. The highest BCUT2D eigenvalue weighted by Crippen LogP contribution is 2.32. The van der Waals surface area contributed by atoms with Crippen molar-refractivity contribution >= 4 is 23.3 Å². The highest BCUT2D eigenvalue weighted by Gasteiger charge is 2.33. The first kappa shape index (κ1) is 12.4. The zero-order valence-electron chi connectivity index (χ0n) is 10.5. The van der Waals surface area contributed by atoms with Crippen molar-refractivity contribution in [1.29, 1.82) is 0 Å². The van der Waals surface area contributed by atoms with E-state index in [9.17, 15) is 9.59 Å². The molecule has 0 bridgehead atoms. The summed E-state index contributed by atoms with van der Waals surface area (Å²) >= 11 is 1.59. The Labute approximate surface area is 115 Å². The van der Waals surface area contributed by atoms with Crippen LogP contribution in [0, 0.1) is 0 Å². The number of nitrogens with one attached hydrogen (secondary N) is 1. The van der Waals surface area contributed by atoms with Crippen molar-refractivity contribution in [3.05, 3.63) is 16.6 Å². The minimum Gasteiger partial charge on any atom is -0.336 e. The minimum absolute atomic E-state index is 0.0229. The molecule has 0 unspecified atom stereocenters. The molecule has 2 aliphatic rings. The van der Waals surface area contributed by atoms with Gasteiger partial charge in [-0.05, 0) is 12.8 Å². The Morgan fingerprint density at radius 2 is 2.42 bits per heavy atom. The monoisotopic (exact) mass is 280 g/mol. The molecule has 1 N–H and O–H groups in total. The van der Waals surface area contributed by atoms with Gasteiger partial charge in [-0.25, -0.2) is 9.78 Å². The lowest BCUT2D eigenvalue weighted by Gasteiger charge is -2.25. The molecule has 7 heteroatoms. The first-order valence-electron chi connectivity index (χ1n) is 6.47. The number of aromatic nitrogens is 1. The van der Waals surface area contributed by atoms with Gasteiger partial charge in [-0.15, -0.1) is 11.3 Å². The van der Waals surface area contributed by atoms with Gasteiger partial charge < -0.3 is 15.1 Å². The maximum Gasteiger partial charge on any atom is 0.317 e. The second-order valence-electron chi connectivity index (χ2n) is 4.77. The Morgan fingerprint density at radius 3 is 3.11 bits per heavy atom. The predicted octanol–water partition coefficient (Wildman–Crippen LogP) is 0.832. The number of nitrogens with zero attached hydrogens (tertiary/aromatic N) is 3. The number of urea groups is 1. The van der Waals surface area contributed by atoms with Crippen LogP contribution in [0.2, 0.25) is 0 Å². The first-order valence-corrected chi connectivity index (χ1v) is 7.35. The van der Waals surface area contributed by atoms with E-state index in [1.54, 1.807) is 22.4 Å². The average molecular weight is 280 g/mol. The van der Waals surface area contributed by atoms with E-state index in [-0.39, 0.29) is 24.5 Å². The molecule has 3 rings (SSSR count). The van der Waals surface area contributed by atoms with E-state index in [1.165, 1.54) is 0 Å². The number of hydrogen-bond acceptors (Lipinski definition) is 4. The van der Waals surface area contributed by atoms with Gasteiger partial charge in [0.1, 0.15) is 11.6 Å². The number of amides is 3. The van der Waals surface area contributed by atoms with Crippen molar-refractivity contribution in [2.45, 2.75) is 18.9 Å². The van der Waals surface area contributed by atoms with E-state index < -0.39 is 0 Å². The molecule has 3 heterocycles. The Morgan fingerprint density at radius 1 is 1.53 bits per heavy atom. The van der Waals surface area contributed by atoms with E-state index in [4.69, 9.17) is 0 Å². The summed E-state index contributed by atoms with van der Waals surface area (Å²) in [5.41, 5.74) is 0. The lowest BCUT2D eigenvalue weighted by atomic mass is 10.2. The third-order valence-corrected chi connectivity index (χ3v) is 4.46. The average Bonchev–Trinajstić information content (AvgIpc) is 3.09. The molecule has 0 radical (unpaired) electrons. The van der Waals surface area contributed by atoms with E-state index >= 15 is 0 Å². The van der Waals surface area contributed by atoms with E-state index in [1.807, 2.05) is 10.3 Å². The van der Waals surface area contributed by atoms with Crippen LogP contribution in [-0.2, 0) is 4.79 Å². The topological polar surface area (TPSA) is 65.5 Å². The van der Waals surface area contributed by atoms with Gasteiger partial charge in [-0.1, -0.05) is 0 Å². The molecule has 0 spiro atoms. The van der Waals surface area contributed by atoms with Crippen molar-refractivity contribution in [1.82, 2.24) is 20.1 Å². The second-order valence-corrected chi connectivity index (χ2v) is 5.70. The molecular weight excluding hydrogens is 264 g/mol. The molecule has 2 aliphatic heterocycles. The van der Waals surface area contributed by atoms with Crippen molar-refractivity contribution in [2.24, 2.45) is 0 Å². The predicted molar refractivity (Wildman–Crippen MR) is 70.8 cm³/mol. The molecule has 1 aromatic heterocycles. The fraction of sp³-hybridized carbons (Fsp3) is 0.583. The standard InChI is InChI=1S/C12H16N4O2S/c17-10(8-15-6-3-14-12(15)18)16-5-1-2-9(16)11-13-4-7-19-11/h4,7,9H,1-3,5-6,8H2,(H,14,18)/t9-/m0/s1. The Balaban J connectivity index is 1.67. The molecule has 3 amide bonds. The van der Waals surface area contributed by atoms with Crippen LogP contribution < -0.4 is 5.32 Å². The van der Waals surface area contributed by atoms with Gasteiger partial charge >= 0.3 is 6.03 Å². The van der Waals surface area contributed by atoms with Crippen molar-refractivity contribution in [2.75, 3.05) is 26.2 Å². The Bertz CT molecular complexity index is 476. The molecule has 0 aliphatic carbocycles. The van der Waals surface area contributed by atoms with Crippen LogP contribution in [-0.4, -0.2) is 52.9 Å². The van der Waals surface area contributed by atoms with Crippen LogP contribution in [0.5, 0.6) is 0 Å². The number of rotatable bonds is 3. The third-order valence-electron chi connectivity index (χ3n) is 3.58. The van der Waals surface area contributed by atoms with Crippen LogP contribution in [0.4, 0.5) is 4.79 Å². The van der Waals surface area contributed by atoms with Gasteiger partial charge in [-0.2, -0.15) is 0 Å². The molecule has 2 fully saturated rings. The molecule has 19 heavy (non-hydrogen) atoms. The molecule has 6 nitrogen and oxygen atoms in total. The van der Waals surface area contributed by atoms with Crippen LogP contribution in [0.3, 0.4) is 0 Å². The summed E-state index contributed by atoms with van der Waals surface area (Å²) in [5.74, 6) is 0.0229. The molecule has 0 saturated carbocycles. The van der Waals surface area contributed by atoms with Gasteiger partial charge in [-0.3, -0.25) is 4.79 Å². The number of hydrogen-bond donors (Lipinski definition) is 1. The van der Waals surface area contributed by atoms with Gasteiger partial charge in [0.2, 0.25) is 5.91 Å². The minimum atomic E-state index is -0.140. The lowest BCUT2D eigenvalue weighted by Crippen LogP contribution is -2.41. The molecule has 1 aromatic rings. The van der Waals surface area contributed by atoms with Crippen molar-refractivity contribution in [3.8, 4) is 0 Å². The quantitative estimate of drug-likeness (QED) is 0.892. The Hall–Kier alpha value is -1.63. The second kappa shape index (κ2) is 5.16. The summed E-state index contributed by atoms with van der Waals surface area (Å²) in [6, 6.07) is -0.0449. The molecule has 0 aromatic carbocycles. The van der Waals surface area contributed by atoms with E-state index in [0.717, 1.165) is 24.4 Å². The van der Waals surface area contributed by atoms with Gasteiger partial charge in [0, 0.05) is 31.2 Å². The number of likely N-dealkylation sites (tertiary alicyclic amines) is 1. The number of thiazole rings is 1. The number of carbonyl (C=O) groups is 2. The van der Waals surface area contributed by atoms with Crippen LogP contribution >= 0.6 is 11.3 Å². The van der Waals surface area contributed by atoms with Crippen LogP contribution in [0.15, 0.2) is 11.6 Å². The van der Waals surface area contributed by atoms with Crippen LogP contribution in [0.25, 0.3) is 0 Å².